The Morgan fingerprint density at radius 3 is 2.35 bits per heavy atom. The van der Waals surface area contributed by atoms with Gasteiger partial charge in [0, 0.05) is 19.0 Å². The molecule has 2 amide bonds. The van der Waals surface area contributed by atoms with Crippen molar-refractivity contribution < 1.29 is 14.3 Å². The predicted octanol–water partition coefficient (Wildman–Crippen LogP) is 4.66. The van der Waals surface area contributed by atoms with Crippen LogP contribution in [0.2, 0.25) is 5.02 Å². The van der Waals surface area contributed by atoms with Crippen LogP contribution in [0.3, 0.4) is 0 Å². The van der Waals surface area contributed by atoms with Gasteiger partial charge in [-0.05, 0) is 56.2 Å². The standard InChI is InChI=1S/C20H23ClN2O3/c1-13(2)26-17-8-4-15(5-9-17)6-11-20(25)23-19-10-7-16(12-18(19)21)22-14(3)24/h4-5,7-10,12-13H,6,11H2,1-3H3,(H,22,24)(H,23,25). The fourth-order valence-electron chi connectivity index (χ4n) is 2.37. The summed E-state index contributed by atoms with van der Waals surface area (Å²) in [6, 6.07) is 12.7. The number of hydrogen-bond donors (Lipinski definition) is 2. The lowest BCUT2D eigenvalue weighted by Crippen LogP contribution is -2.13. The number of carbonyl (C=O) groups is 2. The Bertz CT molecular complexity index is 773. The third kappa shape index (κ3) is 6.41. The molecular weight excluding hydrogens is 352 g/mol. The molecule has 2 aromatic carbocycles. The van der Waals surface area contributed by atoms with E-state index in [0.717, 1.165) is 11.3 Å². The first-order valence-electron chi connectivity index (χ1n) is 8.46. The van der Waals surface area contributed by atoms with Gasteiger partial charge >= 0.3 is 0 Å². The number of carbonyl (C=O) groups excluding carboxylic acids is 2. The maximum Gasteiger partial charge on any atom is 0.224 e. The highest BCUT2D eigenvalue weighted by atomic mass is 35.5. The monoisotopic (exact) mass is 374 g/mol. The molecule has 26 heavy (non-hydrogen) atoms. The van der Waals surface area contributed by atoms with Crippen molar-refractivity contribution in [3.63, 3.8) is 0 Å². The van der Waals surface area contributed by atoms with Gasteiger partial charge in [0.25, 0.3) is 0 Å². The first-order valence-corrected chi connectivity index (χ1v) is 8.84. The number of hydrogen-bond acceptors (Lipinski definition) is 3. The number of nitrogens with one attached hydrogen (secondary N) is 2. The van der Waals surface area contributed by atoms with Crippen molar-refractivity contribution in [2.45, 2.75) is 39.7 Å². The van der Waals surface area contributed by atoms with Crippen LogP contribution in [0.25, 0.3) is 0 Å². The minimum absolute atomic E-state index is 0.123. The molecule has 5 nitrogen and oxygen atoms in total. The highest BCUT2D eigenvalue weighted by molar-refractivity contribution is 6.34. The highest BCUT2D eigenvalue weighted by Gasteiger charge is 2.08. The largest absolute Gasteiger partial charge is 0.491 e. The zero-order valence-electron chi connectivity index (χ0n) is 15.1. The molecule has 138 valence electrons. The maximum atomic E-state index is 12.1. The minimum Gasteiger partial charge on any atom is -0.491 e. The van der Waals surface area contributed by atoms with Gasteiger partial charge in [-0.15, -0.1) is 0 Å². The highest BCUT2D eigenvalue weighted by Crippen LogP contribution is 2.26. The number of halogens is 1. The molecule has 0 aliphatic rings. The van der Waals surface area contributed by atoms with Crippen molar-refractivity contribution in [2.24, 2.45) is 0 Å². The third-order valence-electron chi connectivity index (χ3n) is 3.50. The van der Waals surface area contributed by atoms with Crippen LogP contribution in [-0.2, 0) is 16.0 Å². The van der Waals surface area contributed by atoms with Crippen molar-refractivity contribution in [3.05, 3.63) is 53.1 Å². The second kappa shape index (κ2) is 9.25. The normalized spacial score (nSPS) is 10.5. The van der Waals surface area contributed by atoms with E-state index in [9.17, 15) is 9.59 Å². The number of benzene rings is 2. The first-order chi connectivity index (χ1) is 12.3. The van der Waals surface area contributed by atoms with Crippen LogP contribution >= 0.6 is 11.6 Å². The van der Waals surface area contributed by atoms with Crippen LogP contribution in [-0.4, -0.2) is 17.9 Å². The Morgan fingerprint density at radius 1 is 1.08 bits per heavy atom. The number of aryl methyl sites for hydroxylation is 1. The van der Waals surface area contributed by atoms with Gasteiger partial charge in [0.1, 0.15) is 5.75 Å². The van der Waals surface area contributed by atoms with Crippen molar-refractivity contribution in [1.29, 1.82) is 0 Å². The van der Waals surface area contributed by atoms with E-state index in [1.54, 1.807) is 18.2 Å². The summed E-state index contributed by atoms with van der Waals surface area (Å²) in [5, 5.41) is 5.81. The Morgan fingerprint density at radius 2 is 1.77 bits per heavy atom. The number of amides is 2. The van der Waals surface area contributed by atoms with E-state index in [0.29, 0.717) is 29.2 Å². The molecule has 0 saturated heterocycles. The topological polar surface area (TPSA) is 67.4 Å². The van der Waals surface area contributed by atoms with E-state index >= 15 is 0 Å². The van der Waals surface area contributed by atoms with E-state index in [4.69, 9.17) is 16.3 Å². The second-order valence-electron chi connectivity index (χ2n) is 6.23. The Labute approximate surface area is 158 Å². The smallest absolute Gasteiger partial charge is 0.224 e. The predicted molar refractivity (Wildman–Crippen MR) is 105 cm³/mol. The lowest BCUT2D eigenvalue weighted by molar-refractivity contribution is -0.116. The zero-order chi connectivity index (χ0) is 19.1. The molecule has 0 aromatic heterocycles. The molecular formula is C20H23ClN2O3. The Kier molecular flexibility index (Phi) is 7.04. The summed E-state index contributed by atoms with van der Waals surface area (Å²) in [7, 11) is 0. The van der Waals surface area contributed by atoms with E-state index in [-0.39, 0.29) is 17.9 Å². The van der Waals surface area contributed by atoms with Gasteiger partial charge in [0.2, 0.25) is 11.8 Å². The van der Waals surface area contributed by atoms with Crippen LogP contribution in [0, 0.1) is 0 Å². The molecule has 2 rings (SSSR count). The van der Waals surface area contributed by atoms with Gasteiger partial charge in [-0.1, -0.05) is 23.7 Å². The summed E-state index contributed by atoms with van der Waals surface area (Å²) in [5.74, 6) is 0.517. The molecule has 6 heteroatoms. The van der Waals surface area contributed by atoms with Crippen molar-refractivity contribution in [2.75, 3.05) is 10.6 Å². The molecule has 0 atom stereocenters. The molecule has 0 heterocycles. The van der Waals surface area contributed by atoms with Crippen LogP contribution in [0.5, 0.6) is 5.75 Å². The average molecular weight is 375 g/mol. The Balaban J connectivity index is 1.87. The lowest BCUT2D eigenvalue weighted by Gasteiger charge is -2.11. The number of anilines is 2. The summed E-state index contributed by atoms with van der Waals surface area (Å²) in [6.45, 7) is 5.38. The third-order valence-corrected chi connectivity index (χ3v) is 3.81. The SMILES string of the molecule is CC(=O)Nc1ccc(NC(=O)CCc2ccc(OC(C)C)cc2)c(Cl)c1. The molecule has 0 aliphatic heterocycles. The molecule has 0 saturated carbocycles. The minimum atomic E-state index is -0.178. The van der Waals surface area contributed by atoms with Gasteiger partial charge in [-0.3, -0.25) is 9.59 Å². The van der Waals surface area contributed by atoms with Crippen LogP contribution < -0.4 is 15.4 Å². The van der Waals surface area contributed by atoms with Gasteiger partial charge in [0.15, 0.2) is 0 Å². The average Bonchev–Trinajstić information content (AvgIpc) is 2.56. The molecule has 2 N–H and O–H groups in total. The number of ether oxygens (including phenoxy) is 1. The molecule has 2 aromatic rings. The molecule has 0 unspecified atom stereocenters. The van der Waals surface area contributed by atoms with Crippen LogP contribution in [0.15, 0.2) is 42.5 Å². The van der Waals surface area contributed by atoms with Crippen LogP contribution in [0.4, 0.5) is 11.4 Å². The summed E-state index contributed by atoms with van der Waals surface area (Å²) in [6.07, 6.45) is 1.09. The fraction of sp³-hybridized carbons (Fsp3) is 0.300. The van der Waals surface area contributed by atoms with Crippen molar-refractivity contribution in [1.82, 2.24) is 0 Å². The zero-order valence-corrected chi connectivity index (χ0v) is 15.9. The van der Waals surface area contributed by atoms with Gasteiger partial charge in [-0.2, -0.15) is 0 Å². The first kappa shape index (κ1) is 19.8. The summed E-state index contributed by atoms with van der Waals surface area (Å²) in [4.78, 5) is 23.2. The van der Waals surface area contributed by atoms with E-state index in [1.807, 2.05) is 38.1 Å². The van der Waals surface area contributed by atoms with Gasteiger partial charge < -0.3 is 15.4 Å². The second-order valence-corrected chi connectivity index (χ2v) is 6.64. The van der Waals surface area contributed by atoms with Crippen molar-refractivity contribution >= 4 is 34.8 Å². The molecule has 0 fully saturated rings. The molecule has 0 bridgehead atoms. The Hall–Kier alpha value is -2.53. The molecule has 0 aliphatic carbocycles. The van der Waals surface area contributed by atoms with E-state index < -0.39 is 0 Å². The maximum absolute atomic E-state index is 12.1. The number of rotatable bonds is 7. The quantitative estimate of drug-likeness (QED) is 0.740. The van der Waals surface area contributed by atoms with Crippen molar-refractivity contribution in [3.8, 4) is 5.75 Å². The fourth-order valence-corrected chi connectivity index (χ4v) is 2.60. The van der Waals surface area contributed by atoms with Gasteiger partial charge in [0.05, 0.1) is 16.8 Å². The molecule has 0 radical (unpaired) electrons. The lowest BCUT2D eigenvalue weighted by atomic mass is 10.1. The van der Waals surface area contributed by atoms with E-state index in [2.05, 4.69) is 10.6 Å². The van der Waals surface area contributed by atoms with E-state index in [1.165, 1.54) is 6.92 Å². The van der Waals surface area contributed by atoms with Gasteiger partial charge in [-0.25, -0.2) is 0 Å². The summed E-state index contributed by atoms with van der Waals surface area (Å²) < 4.78 is 5.60. The molecule has 0 spiro atoms. The summed E-state index contributed by atoms with van der Waals surface area (Å²) >= 11 is 6.15. The van der Waals surface area contributed by atoms with Crippen LogP contribution in [0.1, 0.15) is 32.8 Å². The summed E-state index contributed by atoms with van der Waals surface area (Å²) in [5.41, 5.74) is 2.17.